The fourth-order valence-corrected chi connectivity index (χ4v) is 1.05. The molecule has 0 saturated carbocycles. The van der Waals surface area contributed by atoms with Gasteiger partial charge in [-0.25, -0.2) is 0 Å². The molecule has 15 heavy (non-hydrogen) atoms. The third-order valence-electron chi connectivity index (χ3n) is 2.03. The summed E-state index contributed by atoms with van der Waals surface area (Å²) >= 11 is 0. The molecule has 0 fully saturated rings. The number of ketones is 1. The maximum Gasteiger partial charge on any atom is 0.223 e. The van der Waals surface area contributed by atoms with Gasteiger partial charge in [-0.15, -0.1) is 0 Å². The summed E-state index contributed by atoms with van der Waals surface area (Å²) < 4.78 is 10.2. The molecule has 0 aliphatic rings. The average Bonchev–Trinajstić information content (AvgIpc) is 2.63. The lowest BCUT2D eigenvalue weighted by molar-refractivity contribution is 0.0680. The highest BCUT2D eigenvalue weighted by Gasteiger charge is 2.12. The molecule has 0 radical (unpaired) electrons. The van der Waals surface area contributed by atoms with E-state index in [2.05, 4.69) is 20.8 Å². The molecule has 0 atom stereocenters. The van der Waals surface area contributed by atoms with Gasteiger partial charge in [0.25, 0.3) is 0 Å². The highest BCUT2D eigenvalue weighted by atomic mass is 16.5. The van der Waals surface area contributed by atoms with Crippen LogP contribution in [-0.4, -0.2) is 19.0 Å². The second-order valence-electron chi connectivity index (χ2n) is 4.76. The van der Waals surface area contributed by atoms with Crippen LogP contribution in [0.1, 0.15) is 37.7 Å². The fourth-order valence-electron chi connectivity index (χ4n) is 1.05. The molecule has 1 aromatic heterocycles. The topological polar surface area (TPSA) is 39.4 Å². The van der Waals surface area contributed by atoms with E-state index in [1.807, 2.05) is 0 Å². The third kappa shape index (κ3) is 4.79. The summed E-state index contributed by atoms with van der Waals surface area (Å²) in [5, 5.41) is 0. The Labute approximate surface area is 90.4 Å². The Morgan fingerprint density at radius 3 is 2.73 bits per heavy atom. The largest absolute Gasteiger partial charge is 0.461 e. The van der Waals surface area contributed by atoms with Crippen LogP contribution in [0.3, 0.4) is 0 Å². The number of furan rings is 1. The van der Waals surface area contributed by atoms with Crippen molar-refractivity contribution >= 4 is 5.78 Å². The molecule has 1 rings (SSSR count). The number of hydrogen-bond donors (Lipinski definition) is 0. The van der Waals surface area contributed by atoms with Crippen molar-refractivity contribution in [2.45, 2.75) is 27.2 Å². The SMILES string of the molecule is CC(C)(C)CCOCC(=O)c1ccco1. The first-order valence-electron chi connectivity index (χ1n) is 5.13. The summed E-state index contributed by atoms with van der Waals surface area (Å²) in [6.07, 6.45) is 2.43. The smallest absolute Gasteiger partial charge is 0.223 e. The van der Waals surface area contributed by atoms with Gasteiger partial charge in [-0.1, -0.05) is 20.8 Å². The summed E-state index contributed by atoms with van der Waals surface area (Å²) in [4.78, 5) is 11.4. The number of Topliss-reactive ketones (excluding diaryl/α,β-unsaturated/α-hetero) is 1. The Hall–Kier alpha value is -1.09. The predicted octanol–water partition coefficient (Wildman–Crippen LogP) is 2.92. The summed E-state index contributed by atoms with van der Waals surface area (Å²) in [7, 11) is 0. The highest BCUT2D eigenvalue weighted by Crippen LogP contribution is 2.17. The summed E-state index contributed by atoms with van der Waals surface area (Å²) in [6, 6.07) is 3.35. The Balaban J connectivity index is 2.19. The molecule has 0 aliphatic heterocycles. The molecule has 0 bridgehead atoms. The monoisotopic (exact) mass is 210 g/mol. The van der Waals surface area contributed by atoms with Crippen molar-refractivity contribution in [1.82, 2.24) is 0 Å². The van der Waals surface area contributed by atoms with Crippen molar-refractivity contribution in [3.8, 4) is 0 Å². The van der Waals surface area contributed by atoms with E-state index >= 15 is 0 Å². The number of hydrogen-bond acceptors (Lipinski definition) is 3. The lowest BCUT2D eigenvalue weighted by Crippen LogP contribution is -2.13. The zero-order valence-corrected chi connectivity index (χ0v) is 9.58. The van der Waals surface area contributed by atoms with Crippen molar-refractivity contribution in [1.29, 1.82) is 0 Å². The van der Waals surface area contributed by atoms with Gasteiger partial charge in [-0.2, -0.15) is 0 Å². The van der Waals surface area contributed by atoms with Crippen LogP contribution in [0.4, 0.5) is 0 Å². The van der Waals surface area contributed by atoms with E-state index in [4.69, 9.17) is 9.15 Å². The van der Waals surface area contributed by atoms with Gasteiger partial charge >= 0.3 is 0 Å². The molecule has 0 N–H and O–H groups in total. The van der Waals surface area contributed by atoms with Crippen LogP contribution in [0.2, 0.25) is 0 Å². The van der Waals surface area contributed by atoms with Gasteiger partial charge in [0, 0.05) is 6.61 Å². The number of carbonyl (C=O) groups excluding carboxylic acids is 1. The van der Waals surface area contributed by atoms with Gasteiger partial charge in [0.2, 0.25) is 5.78 Å². The van der Waals surface area contributed by atoms with Gasteiger partial charge in [-0.05, 0) is 24.0 Å². The zero-order valence-electron chi connectivity index (χ0n) is 9.58. The summed E-state index contributed by atoms with van der Waals surface area (Å²) in [5.74, 6) is 0.264. The van der Waals surface area contributed by atoms with Gasteiger partial charge in [0.05, 0.1) is 6.26 Å². The Bertz CT molecular complexity index is 293. The van der Waals surface area contributed by atoms with Crippen molar-refractivity contribution in [3.63, 3.8) is 0 Å². The molecule has 0 spiro atoms. The minimum absolute atomic E-state index is 0.101. The maximum atomic E-state index is 11.4. The Morgan fingerprint density at radius 2 is 2.20 bits per heavy atom. The van der Waals surface area contributed by atoms with Gasteiger partial charge in [-0.3, -0.25) is 4.79 Å². The minimum Gasteiger partial charge on any atom is -0.461 e. The molecule has 0 amide bonds. The van der Waals surface area contributed by atoms with Crippen LogP contribution in [0.5, 0.6) is 0 Å². The number of rotatable bonds is 5. The summed E-state index contributed by atoms with van der Waals surface area (Å²) in [5.41, 5.74) is 0.244. The molecule has 84 valence electrons. The molecule has 0 aliphatic carbocycles. The van der Waals surface area contributed by atoms with E-state index in [-0.39, 0.29) is 17.8 Å². The molecule has 0 saturated heterocycles. The first-order chi connectivity index (χ1) is 6.99. The minimum atomic E-state index is -0.103. The van der Waals surface area contributed by atoms with Crippen molar-refractivity contribution in [2.24, 2.45) is 5.41 Å². The van der Waals surface area contributed by atoms with Gasteiger partial charge < -0.3 is 9.15 Å². The van der Waals surface area contributed by atoms with Crippen LogP contribution in [-0.2, 0) is 4.74 Å². The normalized spacial score (nSPS) is 11.7. The van der Waals surface area contributed by atoms with E-state index in [0.717, 1.165) is 6.42 Å². The van der Waals surface area contributed by atoms with Crippen molar-refractivity contribution in [3.05, 3.63) is 24.2 Å². The highest BCUT2D eigenvalue weighted by molar-refractivity contribution is 5.94. The first-order valence-corrected chi connectivity index (χ1v) is 5.13. The molecule has 1 heterocycles. The lowest BCUT2D eigenvalue weighted by atomic mass is 9.93. The van der Waals surface area contributed by atoms with E-state index in [1.165, 1.54) is 6.26 Å². The molecule has 0 aromatic carbocycles. The first kappa shape index (κ1) is 12.0. The molecular weight excluding hydrogens is 192 g/mol. The number of carbonyl (C=O) groups is 1. The predicted molar refractivity (Wildman–Crippen MR) is 57.9 cm³/mol. The second-order valence-corrected chi connectivity index (χ2v) is 4.76. The van der Waals surface area contributed by atoms with Gasteiger partial charge in [0.1, 0.15) is 6.61 Å². The van der Waals surface area contributed by atoms with E-state index in [1.54, 1.807) is 12.1 Å². The Morgan fingerprint density at radius 1 is 1.47 bits per heavy atom. The summed E-state index contributed by atoms with van der Waals surface area (Å²) in [6.45, 7) is 7.14. The lowest BCUT2D eigenvalue weighted by Gasteiger charge is -2.17. The average molecular weight is 210 g/mol. The maximum absolute atomic E-state index is 11.4. The van der Waals surface area contributed by atoms with E-state index < -0.39 is 0 Å². The van der Waals surface area contributed by atoms with Crippen LogP contribution in [0.25, 0.3) is 0 Å². The van der Waals surface area contributed by atoms with Crippen LogP contribution >= 0.6 is 0 Å². The molecule has 0 unspecified atom stereocenters. The quantitative estimate of drug-likeness (QED) is 0.554. The zero-order chi connectivity index (χ0) is 11.3. The van der Waals surface area contributed by atoms with Crippen LogP contribution in [0, 0.1) is 5.41 Å². The van der Waals surface area contributed by atoms with Crippen molar-refractivity contribution < 1.29 is 13.9 Å². The molecular formula is C12H18O3. The Kier molecular flexibility index (Phi) is 4.09. The molecule has 3 heteroatoms. The molecule has 3 nitrogen and oxygen atoms in total. The van der Waals surface area contributed by atoms with E-state index in [9.17, 15) is 4.79 Å². The fraction of sp³-hybridized carbons (Fsp3) is 0.583. The second kappa shape index (κ2) is 5.12. The third-order valence-corrected chi connectivity index (χ3v) is 2.03. The van der Waals surface area contributed by atoms with Crippen LogP contribution in [0.15, 0.2) is 22.8 Å². The van der Waals surface area contributed by atoms with E-state index in [0.29, 0.717) is 12.4 Å². The van der Waals surface area contributed by atoms with Crippen molar-refractivity contribution in [2.75, 3.05) is 13.2 Å². The molecule has 1 aromatic rings. The van der Waals surface area contributed by atoms with Gasteiger partial charge in [0.15, 0.2) is 5.76 Å². The standard InChI is InChI=1S/C12H18O3/c1-12(2,3)6-8-14-9-10(13)11-5-4-7-15-11/h4-5,7H,6,8-9H2,1-3H3. The van der Waals surface area contributed by atoms with Crippen LogP contribution < -0.4 is 0 Å². The number of ether oxygens (including phenoxy) is 1.